The zero-order valence-electron chi connectivity index (χ0n) is 13.7. The predicted molar refractivity (Wildman–Crippen MR) is 104 cm³/mol. The van der Waals surface area contributed by atoms with Crippen molar-refractivity contribution in [3.8, 4) is 6.07 Å². The van der Waals surface area contributed by atoms with Crippen LogP contribution in [0.1, 0.15) is 12.7 Å². The summed E-state index contributed by atoms with van der Waals surface area (Å²) in [6, 6.07) is 11.5. The second-order valence-corrected chi connectivity index (χ2v) is 7.78. The number of para-hydroxylation sites is 2. The van der Waals surface area contributed by atoms with Crippen molar-refractivity contribution in [2.75, 3.05) is 0 Å². The maximum atomic E-state index is 10.7. The van der Waals surface area contributed by atoms with E-state index in [9.17, 15) is 10.4 Å². The van der Waals surface area contributed by atoms with E-state index in [0.29, 0.717) is 5.82 Å². The van der Waals surface area contributed by atoms with E-state index in [1.165, 1.54) is 18.1 Å². The summed E-state index contributed by atoms with van der Waals surface area (Å²) in [4.78, 5) is 16.9. The molecule has 0 aliphatic rings. The summed E-state index contributed by atoms with van der Waals surface area (Å²) in [5, 5.41) is 23.6. The first-order valence-corrected chi connectivity index (χ1v) is 9.56. The molecule has 0 aliphatic heterocycles. The number of benzene rings is 1. The Balaban J connectivity index is 1.70. The lowest BCUT2D eigenvalue weighted by molar-refractivity contribution is 0.402. The number of imidazole rings is 1. The molecular formula is C18H13N5OS2. The number of aromatic amines is 1. The zero-order valence-corrected chi connectivity index (χ0v) is 15.3. The van der Waals surface area contributed by atoms with Crippen molar-refractivity contribution in [1.82, 2.24) is 19.9 Å². The number of allylic oxidation sites excluding steroid dienone is 1. The third-order valence-electron chi connectivity index (χ3n) is 3.89. The summed E-state index contributed by atoms with van der Waals surface area (Å²) in [6.07, 6.45) is 1.51. The van der Waals surface area contributed by atoms with Crippen LogP contribution < -0.4 is 0 Å². The molecule has 0 radical (unpaired) electrons. The fourth-order valence-corrected chi connectivity index (χ4v) is 4.35. The van der Waals surface area contributed by atoms with Crippen LogP contribution in [0.15, 0.2) is 52.8 Å². The number of aromatic nitrogens is 4. The van der Waals surface area contributed by atoms with Gasteiger partial charge in [0.15, 0.2) is 5.82 Å². The Morgan fingerprint density at radius 2 is 2.15 bits per heavy atom. The van der Waals surface area contributed by atoms with Crippen molar-refractivity contribution < 1.29 is 5.11 Å². The highest BCUT2D eigenvalue weighted by atomic mass is 32.2. The minimum Gasteiger partial charge on any atom is -0.510 e. The highest BCUT2D eigenvalue weighted by molar-refractivity contribution is 8.00. The van der Waals surface area contributed by atoms with Gasteiger partial charge in [-0.3, -0.25) is 0 Å². The number of hydrogen-bond donors (Lipinski definition) is 2. The van der Waals surface area contributed by atoms with Gasteiger partial charge < -0.3 is 10.1 Å². The Morgan fingerprint density at radius 1 is 1.31 bits per heavy atom. The third-order valence-corrected chi connectivity index (χ3v) is 5.84. The van der Waals surface area contributed by atoms with Crippen LogP contribution in [-0.2, 0) is 0 Å². The molecular weight excluding hydrogens is 366 g/mol. The average molecular weight is 379 g/mol. The molecule has 0 amide bonds. The highest BCUT2D eigenvalue weighted by Gasteiger charge is 2.20. The van der Waals surface area contributed by atoms with Gasteiger partial charge in [-0.15, -0.1) is 11.3 Å². The number of thioether (sulfide) groups is 1. The van der Waals surface area contributed by atoms with E-state index in [0.717, 1.165) is 26.3 Å². The fourth-order valence-electron chi connectivity index (χ4n) is 2.59. The van der Waals surface area contributed by atoms with Crippen LogP contribution in [0.25, 0.3) is 26.8 Å². The van der Waals surface area contributed by atoms with E-state index in [-0.39, 0.29) is 16.6 Å². The van der Waals surface area contributed by atoms with Crippen molar-refractivity contribution in [3.05, 3.63) is 53.6 Å². The molecule has 0 saturated heterocycles. The van der Waals surface area contributed by atoms with Gasteiger partial charge in [-0.1, -0.05) is 23.9 Å². The highest BCUT2D eigenvalue weighted by Crippen LogP contribution is 2.34. The molecule has 0 unspecified atom stereocenters. The minimum atomic E-state index is -0.365. The molecule has 0 spiro atoms. The van der Waals surface area contributed by atoms with E-state index < -0.39 is 0 Å². The number of thiophene rings is 1. The Hall–Kier alpha value is -2.89. The minimum absolute atomic E-state index is 0.0291. The third kappa shape index (κ3) is 2.92. The number of aliphatic hydroxyl groups is 1. The number of hydrogen-bond acceptors (Lipinski definition) is 7. The van der Waals surface area contributed by atoms with Crippen LogP contribution in [0.2, 0.25) is 0 Å². The van der Waals surface area contributed by atoms with Crippen molar-refractivity contribution in [1.29, 1.82) is 5.26 Å². The molecule has 4 rings (SSSR count). The van der Waals surface area contributed by atoms with Gasteiger partial charge in [-0.25, -0.2) is 15.0 Å². The quantitative estimate of drug-likeness (QED) is 0.234. The van der Waals surface area contributed by atoms with Gasteiger partial charge in [0, 0.05) is 5.39 Å². The van der Waals surface area contributed by atoms with Crippen molar-refractivity contribution in [3.63, 3.8) is 0 Å². The molecule has 3 heterocycles. The lowest BCUT2D eigenvalue weighted by Crippen LogP contribution is -2.05. The van der Waals surface area contributed by atoms with Crippen molar-refractivity contribution >= 4 is 49.9 Å². The lowest BCUT2D eigenvalue weighted by atomic mass is 10.2. The molecule has 3 aromatic heterocycles. The maximum Gasteiger partial charge on any atom is 0.152 e. The second kappa shape index (κ2) is 6.78. The summed E-state index contributed by atoms with van der Waals surface area (Å²) < 4.78 is 0. The largest absolute Gasteiger partial charge is 0.510 e. The van der Waals surface area contributed by atoms with Gasteiger partial charge in [0.1, 0.15) is 33.6 Å². The van der Waals surface area contributed by atoms with E-state index in [1.807, 2.05) is 42.6 Å². The number of rotatable bonds is 4. The average Bonchev–Trinajstić information content (AvgIpc) is 3.29. The monoisotopic (exact) mass is 379 g/mol. The Labute approximate surface area is 157 Å². The summed E-state index contributed by atoms with van der Waals surface area (Å²) in [7, 11) is 0. The molecule has 1 atom stereocenters. The zero-order chi connectivity index (χ0) is 18.1. The fraction of sp³-hybridized carbons (Fsp3) is 0.111. The SMILES string of the molecule is C[C@@H](Sc1ncnc2sccc12)/C(O)=C(\C#N)c1nc2ccccc2[nH]1. The van der Waals surface area contributed by atoms with Crippen molar-refractivity contribution in [2.45, 2.75) is 17.2 Å². The first kappa shape index (κ1) is 16.6. The second-order valence-electron chi connectivity index (χ2n) is 5.55. The van der Waals surface area contributed by atoms with Gasteiger partial charge in [0.05, 0.1) is 16.3 Å². The molecule has 0 bridgehead atoms. The lowest BCUT2D eigenvalue weighted by Gasteiger charge is -2.11. The van der Waals surface area contributed by atoms with Crippen LogP contribution >= 0.6 is 23.1 Å². The Bertz CT molecular complexity index is 1140. The van der Waals surface area contributed by atoms with Crippen LogP contribution in [0.4, 0.5) is 0 Å². The van der Waals surface area contributed by atoms with Gasteiger partial charge in [0.2, 0.25) is 0 Å². The number of fused-ring (bicyclic) bond motifs is 2. The normalized spacial score (nSPS) is 13.5. The first-order chi connectivity index (χ1) is 12.7. The van der Waals surface area contributed by atoms with Gasteiger partial charge in [-0.2, -0.15) is 5.26 Å². The first-order valence-electron chi connectivity index (χ1n) is 7.80. The molecule has 0 aliphatic carbocycles. The van der Waals surface area contributed by atoms with E-state index >= 15 is 0 Å². The van der Waals surface area contributed by atoms with Crippen LogP contribution in [0.5, 0.6) is 0 Å². The van der Waals surface area contributed by atoms with Gasteiger partial charge >= 0.3 is 0 Å². The summed E-state index contributed by atoms with van der Waals surface area (Å²) >= 11 is 2.93. The smallest absolute Gasteiger partial charge is 0.152 e. The van der Waals surface area contributed by atoms with Gasteiger partial charge in [-0.05, 0) is 30.5 Å². The van der Waals surface area contributed by atoms with Gasteiger partial charge in [0.25, 0.3) is 0 Å². The molecule has 1 aromatic carbocycles. The molecule has 0 fully saturated rings. The van der Waals surface area contributed by atoms with E-state index in [1.54, 1.807) is 11.3 Å². The summed E-state index contributed by atoms with van der Waals surface area (Å²) in [6.45, 7) is 1.83. The topological polar surface area (TPSA) is 98.5 Å². The number of nitriles is 1. The molecule has 0 saturated carbocycles. The molecule has 6 nitrogen and oxygen atoms in total. The molecule has 4 aromatic rings. The Morgan fingerprint density at radius 3 is 2.96 bits per heavy atom. The van der Waals surface area contributed by atoms with E-state index in [2.05, 4.69) is 26.0 Å². The number of nitrogens with zero attached hydrogens (tertiary/aromatic N) is 4. The molecule has 8 heteroatoms. The molecule has 26 heavy (non-hydrogen) atoms. The number of H-pyrrole nitrogens is 1. The van der Waals surface area contributed by atoms with Crippen LogP contribution in [-0.4, -0.2) is 30.3 Å². The standard InChI is InChI=1S/C18H13N5OS2/c1-10(26-18-11-6-7-25-17(11)20-9-21-18)15(24)12(8-19)16-22-13-4-2-3-5-14(13)23-16/h2-7,9-10,24H,1H3,(H,22,23)/b15-12-/t10-/m1/s1. The molecule has 128 valence electrons. The summed E-state index contributed by atoms with van der Waals surface area (Å²) in [5.41, 5.74) is 1.70. The maximum absolute atomic E-state index is 10.7. The van der Waals surface area contributed by atoms with Crippen LogP contribution in [0.3, 0.4) is 0 Å². The number of aliphatic hydroxyl groups excluding tert-OH is 1. The molecule has 2 N–H and O–H groups in total. The summed E-state index contributed by atoms with van der Waals surface area (Å²) in [5.74, 6) is 0.334. The van der Waals surface area contributed by atoms with E-state index in [4.69, 9.17) is 0 Å². The van der Waals surface area contributed by atoms with Crippen molar-refractivity contribution in [2.24, 2.45) is 0 Å². The van der Waals surface area contributed by atoms with Crippen LogP contribution in [0, 0.1) is 11.3 Å². The predicted octanol–water partition coefficient (Wildman–Crippen LogP) is 4.54. The number of nitrogens with one attached hydrogen (secondary N) is 1. The Kier molecular flexibility index (Phi) is 4.32.